The summed E-state index contributed by atoms with van der Waals surface area (Å²) in [5, 5.41) is 20.8. The van der Waals surface area contributed by atoms with Crippen LogP contribution in [0, 0.1) is 0 Å². The average Bonchev–Trinajstić information content (AvgIpc) is 2.33. The van der Waals surface area contributed by atoms with Gasteiger partial charge in [-0.3, -0.25) is 4.79 Å². The largest absolute Gasteiger partial charge is 0.479 e. The van der Waals surface area contributed by atoms with Gasteiger partial charge in [0, 0.05) is 13.0 Å². The molecule has 0 aliphatic heterocycles. The molecule has 0 radical (unpaired) electrons. The third-order valence-corrected chi connectivity index (χ3v) is 3.11. The van der Waals surface area contributed by atoms with E-state index in [0.29, 0.717) is 15.6 Å². The Hall–Kier alpha value is -1.30. The molecule has 1 unspecified atom stereocenters. The lowest BCUT2D eigenvalue weighted by molar-refractivity contribution is -0.147. The highest BCUT2D eigenvalue weighted by Crippen LogP contribution is 2.22. The fourth-order valence-corrected chi connectivity index (χ4v) is 1.69. The van der Waals surface area contributed by atoms with Crippen molar-refractivity contribution < 1.29 is 19.8 Å². The summed E-state index contributed by atoms with van der Waals surface area (Å²) >= 11 is 11.6. The van der Waals surface area contributed by atoms with E-state index in [-0.39, 0.29) is 25.3 Å². The normalized spacial score (nSPS) is 11.9. The lowest BCUT2D eigenvalue weighted by atomic mass is 10.1. The molecule has 0 aliphatic rings. The van der Waals surface area contributed by atoms with Gasteiger partial charge < -0.3 is 15.5 Å². The Balaban J connectivity index is 2.39. The number of carboxylic acid groups (broad SMARTS) is 1. The minimum atomic E-state index is -1.47. The molecule has 104 valence electrons. The van der Waals surface area contributed by atoms with Gasteiger partial charge in [-0.05, 0) is 17.7 Å². The molecule has 0 aromatic heterocycles. The van der Waals surface area contributed by atoms with Crippen molar-refractivity contribution in [3.8, 4) is 0 Å². The predicted molar refractivity (Wildman–Crippen MR) is 71.4 cm³/mol. The fourth-order valence-electron chi connectivity index (χ4n) is 1.37. The van der Waals surface area contributed by atoms with Crippen LogP contribution in [0.3, 0.4) is 0 Å². The molecular formula is C12H13Cl2NO4. The van der Waals surface area contributed by atoms with Crippen molar-refractivity contribution in [1.29, 1.82) is 0 Å². The van der Waals surface area contributed by atoms with Crippen LogP contribution in [-0.2, 0) is 16.0 Å². The Morgan fingerprint density at radius 3 is 2.53 bits per heavy atom. The zero-order chi connectivity index (χ0) is 14.4. The smallest absolute Gasteiger partial charge is 0.332 e. The third kappa shape index (κ3) is 5.46. The number of aliphatic hydroxyl groups is 1. The molecule has 1 aromatic carbocycles. The Kier molecular flexibility index (Phi) is 6.08. The van der Waals surface area contributed by atoms with E-state index < -0.39 is 12.1 Å². The van der Waals surface area contributed by atoms with Crippen molar-refractivity contribution in [2.24, 2.45) is 0 Å². The Labute approximate surface area is 120 Å². The first-order valence-corrected chi connectivity index (χ1v) is 6.27. The standard InChI is InChI=1S/C12H13Cl2NO4/c13-8-2-1-7(5-9(8)14)6-11(17)15-4-3-10(16)12(18)19/h1-2,5,10,16H,3-4,6H2,(H,15,17)(H,18,19). The summed E-state index contributed by atoms with van der Waals surface area (Å²) in [5.41, 5.74) is 0.700. The van der Waals surface area contributed by atoms with E-state index in [0.717, 1.165) is 0 Å². The maximum absolute atomic E-state index is 11.5. The first kappa shape index (κ1) is 15.8. The molecule has 0 saturated heterocycles. The van der Waals surface area contributed by atoms with Gasteiger partial charge in [-0.1, -0.05) is 29.3 Å². The highest BCUT2D eigenvalue weighted by Gasteiger charge is 2.13. The van der Waals surface area contributed by atoms with E-state index in [2.05, 4.69) is 5.32 Å². The van der Waals surface area contributed by atoms with Crippen LogP contribution in [0.1, 0.15) is 12.0 Å². The Bertz CT molecular complexity index is 479. The summed E-state index contributed by atoms with van der Waals surface area (Å²) in [6, 6.07) is 4.87. The average molecular weight is 306 g/mol. The molecule has 1 rings (SSSR count). The van der Waals surface area contributed by atoms with Crippen LogP contribution in [0.2, 0.25) is 10.0 Å². The van der Waals surface area contributed by atoms with Gasteiger partial charge in [-0.25, -0.2) is 4.79 Å². The molecule has 7 heteroatoms. The number of carbonyl (C=O) groups is 2. The minimum absolute atomic E-state index is 0.0392. The van der Waals surface area contributed by atoms with Gasteiger partial charge >= 0.3 is 5.97 Å². The summed E-state index contributed by atoms with van der Waals surface area (Å²) < 4.78 is 0. The topological polar surface area (TPSA) is 86.6 Å². The zero-order valence-electron chi connectivity index (χ0n) is 9.90. The number of hydrogen-bond donors (Lipinski definition) is 3. The van der Waals surface area contributed by atoms with Gasteiger partial charge in [-0.2, -0.15) is 0 Å². The number of hydrogen-bond acceptors (Lipinski definition) is 3. The molecule has 5 nitrogen and oxygen atoms in total. The van der Waals surface area contributed by atoms with E-state index in [1.807, 2.05) is 0 Å². The van der Waals surface area contributed by atoms with Crippen LogP contribution in [0.5, 0.6) is 0 Å². The highest BCUT2D eigenvalue weighted by molar-refractivity contribution is 6.42. The summed E-state index contributed by atoms with van der Waals surface area (Å²) in [5.74, 6) is -1.59. The van der Waals surface area contributed by atoms with E-state index in [1.165, 1.54) is 0 Å². The van der Waals surface area contributed by atoms with Crippen molar-refractivity contribution in [1.82, 2.24) is 5.32 Å². The van der Waals surface area contributed by atoms with E-state index in [9.17, 15) is 9.59 Å². The molecule has 19 heavy (non-hydrogen) atoms. The maximum atomic E-state index is 11.5. The Morgan fingerprint density at radius 2 is 1.95 bits per heavy atom. The summed E-state index contributed by atoms with van der Waals surface area (Å²) in [4.78, 5) is 21.9. The number of rotatable bonds is 6. The number of aliphatic carboxylic acids is 1. The maximum Gasteiger partial charge on any atom is 0.332 e. The molecule has 0 heterocycles. The molecule has 1 aromatic rings. The van der Waals surface area contributed by atoms with Gasteiger partial charge in [0.25, 0.3) is 0 Å². The highest BCUT2D eigenvalue weighted by atomic mass is 35.5. The zero-order valence-corrected chi connectivity index (χ0v) is 11.4. The molecule has 0 aliphatic carbocycles. The molecular weight excluding hydrogens is 293 g/mol. The molecule has 0 spiro atoms. The van der Waals surface area contributed by atoms with Crippen LogP contribution < -0.4 is 5.32 Å². The molecule has 0 fully saturated rings. The number of benzene rings is 1. The second-order valence-electron chi connectivity index (χ2n) is 3.92. The number of nitrogens with one attached hydrogen (secondary N) is 1. The summed E-state index contributed by atoms with van der Waals surface area (Å²) in [6.07, 6.45) is -1.40. The Morgan fingerprint density at radius 1 is 1.26 bits per heavy atom. The minimum Gasteiger partial charge on any atom is -0.479 e. The van der Waals surface area contributed by atoms with Crippen molar-refractivity contribution in [2.75, 3.05) is 6.54 Å². The number of carbonyl (C=O) groups excluding carboxylic acids is 1. The number of amides is 1. The van der Waals surface area contributed by atoms with Crippen LogP contribution in [-0.4, -0.2) is 34.7 Å². The van der Waals surface area contributed by atoms with Gasteiger partial charge in [0.1, 0.15) is 0 Å². The van der Waals surface area contributed by atoms with Crippen LogP contribution in [0.25, 0.3) is 0 Å². The molecule has 3 N–H and O–H groups in total. The second-order valence-corrected chi connectivity index (χ2v) is 4.73. The molecule has 1 amide bonds. The van der Waals surface area contributed by atoms with Crippen molar-refractivity contribution in [3.05, 3.63) is 33.8 Å². The first-order chi connectivity index (χ1) is 8.90. The van der Waals surface area contributed by atoms with Crippen LogP contribution in [0.4, 0.5) is 0 Å². The van der Waals surface area contributed by atoms with Gasteiger partial charge in [0.15, 0.2) is 6.10 Å². The fraction of sp³-hybridized carbons (Fsp3) is 0.333. The quantitative estimate of drug-likeness (QED) is 0.743. The van der Waals surface area contributed by atoms with Crippen LogP contribution in [0.15, 0.2) is 18.2 Å². The number of aliphatic hydroxyl groups excluding tert-OH is 1. The number of carboxylic acids is 1. The van der Waals surface area contributed by atoms with Gasteiger partial charge in [0.2, 0.25) is 5.91 Å². The SMILES string of the molecule is O=C(Cc1ccc(Cl)c(Cl)c1)NCCC(O)C(=O)O. The lowest BCUT2D eigenvalue weighted by Crippen LogP contribution is -2.30. The molecule has 0 saturated carbocycles. The van der Waals surface area contributed by atoms with E-state index in [1.54, 1.807) is 18.2 Å². The first-order valence-electron chi connectivity index (χ1n) is 5.51. The van der Waals surface area contributed by atoms with Crippen LogP contribution >= 0.6 is 23.2 Å². The predicted octanol–water partition coefficient (Wildman–Crippen LogP) is 1.49. The van der Waals surface area contributed by atoms with E-state index in [4.69, 9.17) is 33.4 Å². The summed E-state index contributed by atoms with van der Waals surface area (Å²) in [7, 11) is 0. The summed E-state index contributed by atoms with van der Waals surface area (Å²) in [6.45, 7) is 0.0909. The van der Waals surface area contributed by atoms with Crippen molar-refractivity contribution in [3.63, 3.8) is 0 Å². The van der Waals surface area contributed by atoms with Crippen molar-refractivity contribution >= 4 is 35.1 Å². The molecule has 0 bridgehead atoms. The van der Waals surface area contributed by atoms with Gasteiger partial charge in [-0.15, -0.1) is 0 Å². The van der Waals surface area contributed by atoms with Crippen molar-refractivity contribution in [2.45, 2.75) is 18.9 Å². The second kappa shape index (κ2) is 7.33. The lowest BCUT2D eigenvalue weighted by Gasteiger charge is -2.08. The third-order valence-electron chi connectivity index (χ3n) is 2.37. The van der Waals surface area contributed by atoms with Gasteiger partial charge in [0.05, 0.1) is 16.5 Å². The number of halogens is 2. The molecule has 1 atom stereocenters. The monoisotopic (exact) mass is 305 g/mol. The van der Waals surface area contributed by atoms with E-state index >= 15 is 0 Å².